The third kappa shape index (κ3) is 5.24. The van der Waals surface area contributed by atoms with Crippen molar-refractivity contribution in [1.29, 1.82) is 0 Å². The largest absolute Gasteiger partial charge is 0.349 e. The van der Waals surface area contributed by atoms with Crippen molar-refractivity contribution < 1.29 is 9.18 Å². The monoisotopic (exact) mass is 489 g/mol. The van der Waals surface area contributed by atoms with Gasteiger partial charge in [-0.3, -0.25) is 9.89 Å². The molecule has 4 aromatic rings. The Morgan fingerprint density at radius 2 is 2.00 bits per heavy atom. The number of carbonyl (C=O) groups excluding carboxylic acids is 1. The van der Waals surface area contributed by atoms with Gasteiger partial charge in [0.1, 0.15) is 0 Å². The molecule has 4 aromatic heterocycles. The van der Waals surface area contributed by atoms with Gasteiger partial charge in [-0.15, -0.1) is 0 Å². The Labute approximate surface area is 208 Å². The average Bonchev–Trinajstić information content (AvgIpc) is 3.55. The molecule has 186 valence electrons. The van der Waals surface area contributed by atoms with Crippen LogP contribution in [0.2, 0.25) is 0 Å². The van der Waals surface area contributed by atoms with Crippen LogP contribution in [0.1, 0.15) is 41.2 Å². The Morgan fingerprint density at radius 3 is 2.67 bits per heavy atom. The van der Waals surface area contributed by atoms with Crippen molar-refractivity contribution in [1.82, 2.24) is 40.2 Å². The first kappa shape index (κ1) is 23.6. The van der Waals surface area contributed by atoms with E-state index in [4.69, 9.17) is 0 Å². The van der Waals surface area contributed by atoms with Gasteiger partial charge >= 0.3 is 0 Å². The zero-order chi connectivity index (χ0) is 25.1. The van der Waals surface area contributed by atoms with Crippen molar-refractivity contribution in [2.24, 2.45) is 0 Å². The maximum absolute atomic E-state index is 15.5. The molecule has 1 aliphatic rings. The number of aromatic nitrogens is 7. The van der Waals surface area contributed by atoms with Crippen molar-refractivity contribution in [2.45, 2.75) is 45.3 Å². The molecule has 10 nitrogen and oxygen atoms in total. The Kier molecular flexibility index (Phi) is 6.45. The first-order valence-electron chi connectivity index (χ1n) is 11.9. The van der Waals surface area contributed by atoms with Crippen molar-refractivity contribution in [3.8, 4) is 5.82 Å². The molecule has 0 saturated carbocycles. The SMILES string of the molecule is Cc1cc(Cc2cc(C)[nH]n2)nc(N2CCC(F)(C(=O)NCc3ccc(-n4cccn4)nc3)CC2)n1. The van der Waals surface area contributed by atoms with E-state index in [0.717, 1.165) is 28.3 Å². The molecule has 1 amide bonds. The molecule has 0 spiro atoms. The molecule has 1 fully saturated rings. The van der Waals surface area contributed by atoms with Crippen molar-refractivity contribution in [2.75, 3.05) is 18.0 Å². The van der Waals surface area contributed by atoms with Gasteiger partial charge in [-0.2, -0.15) is 10.2 Å². The highest BCUT2D eigenvalue weighted by atomic mass is 19.1. The fraction of sp³-hybridized carbons (Fsp3) is 0.360. The zero-order valence-electron chi connectivity index (χ0n) is 20.3. The lowest BCUT2D eigenvalue weighted by molar-refractivity contribution is -0.134. The quantitative estimate of drug-likeness (QED) is 0.410. The molecule has 5 rings (SSSR count). The van der Waals surface area contributed by atoms with Gasteiger partial charge in [-0.1, -0.05) is 6.07 Å². The van der Waals surface area contributed by atoms with Crippen molar-refractivity contribution in [3.63, 3.8) is 0 Å². The van der Waals surface area contributed by atoms with E-state index in [1.165, 1.54) is 0 Å². The van der Waals surface area contributed by atoms with E-state index in [2.05, 4.69) is 35.6 Å². The molecule has 2 N–H and O–H groups in total. The summed E-state index contributed by atoms with van der Waals surface area (Å²) < 4.78 is 17.2. The van der Waals surface area contributed by atoms with E-state index in [1.54, 1.807) is 23.3 Å². The van der Waals surface area contributed by atoms with Gasteiger partial charge in [0.15, 0.2) is 11.5 Å². The van der Waals surface area contributed by atoms with Gasteiger partial charge in [0.2, 0.25) is 5.95 Å². The topological polar surface area (TPSA) is 118 Å². The number of H-pyrrole nitrogens is 1. The van der Waals surface area contributed by atoms with Crippen LogP contribution in [0.3, 0.4) is 0 Å². The summed E-state index contributed by atoms with van der Waals surface area (Å²) in [5.74, 6) is 0.631. The number of pyridine rings is 1. The molecule has 1 saturated heterocycles. The number of anilines is 1. The number of aromatic amines is 1. The number of carbonyl (C=O) groups is 1. The predicted octanol–water partition coefficient (Wildman–Crippen LogP) is 2.61. The minimum atomic E-state index is -1.93. The zero-order valence-corrected chi connectivity index (χ0v) is 20.3. The molecule has 0 aromatic carbocycles. The molecule has 36 heavy (non-hydrogen) atoms. The standard InChI is InChI=1S/C25H28FN9O/c1-17-12-20(14-21-13-18(2)32-33-21)31-24(30-17)34-10-6-25(26,7-11-34)23(36)28-16-19-4-5-22(27-15-19)35-9-3-8-29-35/h3-5,8-9,12-13,15H,6-7,10-11,14,16H2,1-2H3,(H,28,36)(H,32,33). The van der Waals surface area contributed by atoms with Crippen LogP contribution in [0.4, 0.5) is 10.3 Å². The van der Waals surface area contributed by atoms with Gasteiger partial charge in [-0.25, -0.2) is 24.0 Å². The van der Waals surface area contributed by atoms with E-state index in [9.17, 15) is 4.79 Å². The Morgan fingerprint density at radius 1 is 1.17 bits per heavy atom. The van der Waals surface area contributed by atoms with Gasteiger partial charge in [-0.05, 0) is 43.7 Å². The van der Waals surface area contributed by atoms with E-state index < -0.39 is 11.6 Å². The number of aryl methyl sites for hydroxylation is 2. The average molecular weight is 490 g/mol. The minimum Gasteiger partial charge on any atom is -0.349 e. The van der Waals surface area contributed by atoms with E-state index in [-0.39, 0.29) is 19.4 Å². The Hall–Kier alpha value is -4.15. The van der Waals surface area contributed by atoms with Crippen LogP contribution >= 0.6 is 0 Å². The lowest BCUT2D eigenvalue weighted by Crippen LogP contribution is -2.51. The molecule has 11 heteroatoms. The highest BCUT2D eigenvalue weighted by Crippen LogP contribution is 2.29. The van der Waals surface area contributed by atoms with Crippen LogP contribution in [0.5, 0.6) is 0 Å². The summed E-state index contributed by atoms with van der Waals surface area (Å²) in [7, 11) is 0. The number of piperidine rings is 1. The summed E-state index contributed by atoms with van der Waals surface area (Å²) in [6.45, 7) is 4.79. The second-order valence-electron chi connectivity index (χ2n) is 9.13. The number of hydrogen-bond donors (Lipinski definition) is 2. The molecule has 0 unspecified atom stereocenters. The van der Waals surface area contributed by atoms with Crippen LogP contribution in [0, 0.1) is 13.8 Å². The second-order valence-corrected chi connectivity index (χ2v) is 9.13. The van der Waals surface area contributed by atoms with Crippen molar-refractivity contribution >= 4 is 11.9 Å². The summed E-state index contributed by atoms with van der Waals surface area (Å²) in [6, 6.07) is 9.38. The number of amides is 1. The highest BCUT2D eigenvalue weighted by Gasteiger charge is 2.42. The number of hydrogen-bond acceptors (Lipinski definition) is 7. The minimum absolute atomic E-state index is 0.0700. The molecule has 5 heterocycles. The molecular formula is C25H28FN9O. The molecule has 1 aliphatic heterocycles. The van der Waals surface area contributed by atoms with E-state index >= 15 is 4.39 Å². The van der Waals surface area contributed by atoms with E-state index in [0.29, 0.717) is 31.3 Å². The normalized spacial score (nSPS) is 15.1. The van der Waals surface area contributed by atoms with Crippen LogP contribution < -0.4 is 10.2 Å². The summed E-state index contributed by atoms with van der Waals surface area (Å²) in [4.78, 5) is 28.2. The van der Waals surface area contributed by atoms with Gasteiger partial charge < -0.3 is 10.2 Å². The highest BCUT2D eigenvalue weighted by molar-refractivity contribution is 5.85. The van der Waals surface area contributed by atoms with Gasteiger partial charge in [0, 0.05) is 68.9 Å². The van der Waals surface area contributed by atoms with Crippen LogP contribution in [0.15, 0.2) is 48.9 Å². The van der Waals surface area contributed by atoms with Crippen LogP contribution in [-0.4, -0.2) is 59.6 Å². The maximum atomic E-state index is 15.5. The number of alkyl halides is 1. The summed E-state index contributed by atoms with van der Waals surface area (Å²) in [6.07, 6.45) is 5.85. The number of halogens is 1. The smallest absolute Gasteiger partial charge is 0.258 e. The Bertz CT molecular complexity index is 1330. The molecule has 0 bridgehead atoms. The van der Waals surface area contributed by atoms with E-state index in [1.807, 2.05) is 49.1 Å². The number of nitrogens with one attached hydrogen (secondary N) is 2. The Balaban J connectivity index is 1.17. The number of rotatable bonds is 7. The van der Waals surface area contributed by atoms with Crippen LogP contribution in [0.25, 0.3) is 5.82 Å². The fourth-order valence-corrected chi connectivity index (χ4v) is 4.29. The third-order valence-corrected chi connectivity index (χ3v) is 6.26. The number of nitrogens with zero attached hydrogens (tertiary/aromatic N) is 7. The lowest BCUT2D eigenvalue weighted by Gasteiger charge is -2.35. The molecule has 0 aliphatic carbocycles. The lowest BCUT2D eigenvalue weighted by atomic mass is 9.92. The first-order chi connectivity index (χ1) is 17.4. The molecular weight excluding hydrogens is 461 g/mol. The molecule has 0 atom stereocenters. The summed E-state index contributed by atoms with van der Waals surface area (Å²) in [5, 5.41) is 14.1. The fourth-order valence-electron chi connectivity index (χ4n) is 4.29. The summed E-state index contributed by atoms with van der Waals surface area (Å²) >= 11 is 0. The predicted molar refractivity (Wildman–Crippen MR) is 131 cm³/mol. The molecule has 0 radical (unpaired) electrons. The first-order valence-corrected chi connectivity index (χ1v) is 11.9. The van der Waals surface area contributed by atoms with Gasteiger partial charge in [0.25, 0.3) is 5.91 Å². The third-order valence-electron chi connectivity index (χ3n) is 6.26. The maximum Gasteiger partial charge on any atom is 0.258 e. The van der Waals surface area contributed by atoms with Gasteiger partial charge in [0.05, 0.1) is 11.4 Å². The second kappa shape index (κ2) is 9.84. The van der Waals surface area contributed by atoms with Crippen LogP contribution in [-0.2, 0) is 17.8 Å². The summed E-state index contributed by atoms with van der Waals surface area (Å²) in [5.41, 5.74) is 2.44. The van der Waals surface area contributed by atoms with Crippen molar-refractivity contribution in [3.05, 3.63) is 77.3 Å².